The number of aromatic nitrogens is 2. The van der Waals surface area contributed by atoms with Crippen molar-refractivity contribution >= 4 is 34.3 Å². The third-order valence-corrected chi connectivity index (χ3v) is 4.00. The quantitative estimate of drug-likeness (QED) is 0.758. The Balaban J connectivity index is 2.22. The van der Waals surface area contributed by atoms with Gasteiger partial charge in [0.15, 0.2) is 17.1 Å². The van der Waals surface area contributed by atoms with Crippen LogP contribution >= 0.6 is 11.3 Å². The van der Waals surface area contributed by atoms with Crippen molar-refractivity contribution in [1.29, 1.82) is 0 Å². The van der Waals surface area contributed by atoms with E-state index in [-0.39, 0.29) is 12.5 Å². The summed E-state index contributed by atoms with van der Waals surface area (Å²) in [5.41, 5.74) is 0.482. The number of thiazole rings is 1. The topological polar surface area (TPSA) is 57.9 Å². The smallest absolute Gasteiger partial charge is 0.242 e. The third-order valence-electron chi connectivity index (χ3n) is 3.24. The molecular weight excluding hydrogens is 276 g/mol. The standard InChI is InChI=1S/C13H18N4O2S/c1-4-16(5-2)11(19)8-15(3)12-10(9-18)17-6-7-20-13(17)14-12/h6-7,9H,4-5,8H2,1-3H3. The predicted octanol–water partition coefficient (Wildman–Crippen LogP) is 1.51. The fourth-order valence-electron chi connectivity index (χ4n) is 2.14. The Hall–Kier alpha value is -1.89. The first-order chi connectivity index (χ1) is 9.62. The molecule has 0 radical (unpaired) electrons. The number of anilines is 1. The number of hydrogen-bond acceptors (Lipinski definition) is 5. The van der Waals surface area contributed by atoms with Crippen LogP contribution in [0, 0.1) is 0 Å². The van der Waals surface area contributed by atoms with Gasteiger partial charge in [-0.15, -0.1) is 11.3 Å². The van der Waals surface area contributed by atoms with E-state index in [0.29, 0.717) is 24.6 Å². The first-order valence-corrected chi connectivity index (χ1v) is 7.39. The molecule has 0 saturated carbocycles. The van der Waals surface area contributed by atoms with E-state index in [9.17, 15) is 9.59 Å². The minimum Gasteiger partial charge on any atom is -0.348 e. The van der Waals surface area contributed by atoms with Crippen molar-refractivity contribution in [3.8, 4) is 0 Å². The summed E-state index contributed by atoms with van der Waals surface area (Å²) in [5, 5.41) is 1.88. The summed E-state index contributed by atoms with van der Waals surface area (Å²) in [6.45, 7) is 5.48. The van der Waals surface area contributed by atoms with Crippen molar-refractivity contribution in [3.05, 3.63) is 17.3 Å². The van der Waals surface area contributed by atoms with Crippen LogP contribution in [0.4, 0.5) is 5.82 Å². The second-order valence-electron chi connectivity index (χ2n) is 4.42. The van der Waals surface area contributed by atoms with Gasteiger partial charge in [-0.3, -0.25) is 14.0 Å². The summed E-state index contributed by atoms with van der Waals surface area (Å²) in [6.07, 6.45) is 2.58. The molecule has 2 rings (SSSR count). The number of likely N-dealkylation sites (N-methyl/N-ethyl adjacent to an activating group) is 2. The molecule has 0 bridgehead atoms. The number of rotatable bonds is 6. The molecule has 0 atom stereocenters. The van der Waals surface area contributed by atoms with Gasteiger partial charge < -0.3 is 9.80 Å². The van der Waals surface area contributed by atoms with E-state index in [2.05, 4.69) is 4.98 Å². The highest BCUT2D eigenvalue weighted by Crippen LogP contribution is 2.22. The van der Waals surface area contributed by atoms with Crippen molar-refractivity contribution in [3.63, 3.8) is 0 Å². The monoisotopic (exact) mass is 294 g/mol. The van der Waals surface area contributed by atoms with Crippen molar-refractivity contribution in [2.45, 2.75) is 13.8 Å². The van der Waals surface area contributed by atoms with Crippen LogP contribution in [0.25, 0.3) is 4.96 Å². The Morgan fingerprint density at radius 3 is 2.75 bits per heavy atom. The third kappa shape index (κ3) is 2.53. The molecule has 0 saturated heterocycles. The molecule has 0 unspecified atom stereocenters. The number of fused-ring (bicyclic) bond motifs is 1. The molecule has 0 aliphatic rings. The SMILES string of the molecule is CCN(CC)C(=O)CN(C)c1nc2sccn2c1C=O. The van der Waals surface area contributed by atoms with Gasteiger partial charge in [-0.2, -0.15) is 0 Å². The Bertz CT molecular complexity index is 615. The van der Waals surface area contributed by atoms with E-state index in [4.69, 9.17) is 0 Å². The van der Waals surface area contributed by atoms with Gasteiger partial charge in [-0.05, 0) is 13.8 Å². The average Bonchev–Trinajstić information content (AvgIpc) is 2.99. The summed E-state index contributed by atoms with van der Waals surface area (Å²) in [6, 6.07) is 0. The summed E-state index contributed by atoms with van der Waals surface area (Å²) in [7, 11) is 1.78. The number of hydrogen-bond donors (Lipinski definition) is 0. The highest BCUT2D eigenvalue weighted by atomic mass is 32.1. The van der Waals surface area contributed by atoms with Crippen LogP contribution in [-0.2, 0) is 4.79 Å². The lowest BCUT2D eigenvalue weighted by atomic mass is 10.4. The number of imidazole rings is 1. The number of nitrogens with zero attached hydrogens (tertiary/aromatic N) is 4. The van der Waals surface area contributed by atoms with Gasteiger partial charge >= 0.3 is 0 Å². The molecule has 7 heteroatoms. The lowest BCUT2D eigenvalue weighted by molar-refractivity contribution is -0.129. The maximum atomic E-state index is 12.1. The predicted molar refractivity (Wildman–Crippen MR) is 79.7 cm³/mol. The number of carbonyl (C=O) groups is 2. The molecule has 0 aliphatic heterocycles. The summed E-state index contributed by atoms with van der Waals surface area (Å²) in [5.74, 6) is 0.582. The Morgan fingerprint density at radius 1 is 1.45 bits per heavy atom. The minimum absolute atomic E-state index is 0.0331. The van der Waals surface area contributed by atoms with Gasteiger partial charge in [0.25, 0.3) is 0 Å². The Kier molecular flexibility index (Phi) is 4.39. The zero-order chi connectivity index (χ0) is 14.7. The second-order valence-corrected chi connectivity index (χ2v) is 5.29. The van der Waals surface area contributed by atoms with Crippen LogP contribution in [0.1, 0.15) is 24.3 Å². The zero-order valence-electron chi connectivity index (χ0n) is 11.9. The van der Waals surface area contributed by atoms with Crippen LogP contribution in [0.5, 0.6) is 0 Å². The zero-order valence-corrected chi connectivity index (χ0v) is 12.7. The molecule has 0 aromatic carbocycles. The van der Waals surface area contributed by atoms with Crippen LogP contribution in [0.2, 0.25) is 0 Å². The molecule has 6 nitrogen and oxygen atoms in total. The van der Waals surface area contributed by atoms with E-state index in [1.165, 1.54) is 11.3 Å². The van der Waals surface area contributed by atoms with Crippen molar-refractivity contribution < 1.29 is 9.59 Å². The van der Waals surface area contributed by atoms with E-state index in [1.54, 1.807) is 27.4 Å². The highest BCUT2D eigenvalue weighted by Gasteiger charge is 2.19. The van der Waals surface area contributed by atoms with E-state index in [0.717, 1.165) is 11.2 Å². The first kappa shape index (κ1) is 14.5. The van der Waals surface area contributed by atoms with Crippen LogP contribution < -0.4 is 4.90 Å². The van der Waals surface area contributed by atoms with Gasteiger partial charge in [-0.25, -0.2) is 4.98 Å². The van der Waals surface area contributed by atoms with Gasteiger partial charge in [0.1, 0.15) is 5.69 Å². The molecule has 1 amide bonds. The van der Waals surface area contributed by atoms with Crippen molar-refractivity contribution in [2.75, 3.05) is 31.6 Å². The number of carbonyl (C=O) groups excluding carboxylic acids is 2. The van der Waals surface area contributed by atoms with E-state index in [1.807, 2.05) is 19.2 Å². The number of amides is 1. The largest absolute Gasteiger partial charge is 0.348 e. The number of aldehydes is 1. The normalized spacial score (nSPS) is 10.8. The molecule has 0 spiro atoms. The molecule has 2 heterocycles. The Labute approximate surface area is 121 Å². The Morgan fingerprint density at radius 2 is 2.15 bits per heavy atom. The van der Waals surface area contributed by atoms with Gasteiger partial charge in [-0.1, -0.05) is 0 Å². The molecule has 2 aromatic heterocycles. The van der Waals surface area contributed by atoms with Crippen molar-refractivity contribution in [2.24, 2.45) is 0 Å². The van der Waals surface area contributed by atoms with Crippen LogP contribution in [0.3, 0.4) is 0 Å². The van der Waals surface area contributed by atoms with E-state index >= 15 is 0 Å². The van der Waals surface area contributed by atoms with Crippen LogP contribution in [-0.4, -0.2) is 53.2 Å². The molecular formula is C13H18N4O2S. The van der Waals surface area contributed by atoms with Gasteiger partial charge in [0, 0.05) is 31.7 Å². The van der Waals surface area contributed by atoms with Gasteiger partial charge in [0.05, 0.1) is 6.54 Å². The molecule has 2 aromatic rings. The molecule has 0 N–H and O–H groups in total. The highest BCUT2D eigenvalue weighted by molar-refractivity contribution is 7.15. The summed E-state index contributed by atoms with van der Waals surface area (Å²) >= 11 is 1.46. The maximum absolute atomic E-state index is 12.1. The first-order valence-electron chi connectivity index (χ1n) is 6.52. The summed E-state index contributed by atoms with van der Waals surface area (Å²) in [4.78, 5) is 32.0. The van der Waals surface area contributed by atoms with Gasteiger partial charge in [0.2, 0.25) is 5.91 Å². The molecule has 108 valence electrons. The lowest BCUT2D eigenvalue weighted by Crippen LogP contribution is -2.39. The van der Waals surface area contributed by atoms with E-state index < -0.39 is 0 Å². The average molecular weight is 294 g/mol. The maximum Gasteiger partial charge on any atom is 0.242 e. The molecule has 20 heavy (non-hydrogen) atoms. The molecule has 0 fully saturated rings. The van der Waals surface area contributed by atoms with Crippen molar-refractivity contribution in [1.82, 2.24) is 14.3 Å². The lowest BCUT2D eigenvalue weighted by Gasteiger charge is -2.23. The fourth-order valence-corrected chi connectivity index (χ4v) is 2.85. The van der Waals surface area contributed by atoms with Crippen LogP contribution in [0.15, 0.2) is 11.6 Å². The summed E-state index contributed by atoms with van der Waals surface area (Å²) < 4.78 is 1.74. The second kappa shape index (κ2) is 6.04. The minimum atomic E-state index is 0.0331. The fraction of sp³-hybridized carbons (Fsp3) is 0.462. The molecule has 0 aliphatic carbocycles.